The Hall–Kier alpha value is -0.790. The van der Waals surface area contributed by atoms with E-state index >= 15 is 0 Å². The Balaban J connectivity index is 3.22. The fourth-order valence-electron chi connectivity index (χ4n) is 2.92. The molecule has 4 heteroatoms. The molecule has 1 aliphatic heterocycles. The molecule has 1 aliphatic rings. The summed E-state index contributed by atoms with van der Waals surface area (Å²) >= 11 is 0. The van der Waals surface area contributed by atoms with Gasteiger partial charge in [0.05, 0.1) is 0 Å². The number of likely N-dealkylation sites (N-methyl/N-ethyl adjacent to an activating group) is 2. The molecule has 0 saturated carbocycles. The smallest absolute Gasteiger partial charge is 0.0408 e. The van der Waals surface area contributed by atoms with Crippen molar-refractivity contribution in [3.05, 3.63) is 35.1 Å². The highest BCUT2D eigenvalue weighted by molar-refractivity contribution is 7.64. The largest absolute Gasteiger partial charge is 0.378 e. The van der Waals surface area contributed by atoms with E-state index in [1.165, 1.54) is 17.1 Å². The van der Waals surface area contributed by atoms with Crippen molar-refractivity contribution in [2.24, 2.45) is 0 Å². The number of hydrogen-bond acceptors (Lipinski definition) is 3. The second-order valence-corrected chi connectivity index (χ2v) is 12.5. The maximum absolute atomic E-state index is 3.64. The molecule has 1 rings (SSSR count). The third-order valence-electron chi connectivity index (χ3n) is 3.65. The van der Waals surface area contributed by atoms with Gasteiger partial charge in [-0.2, -0.15) is 0 Å². The van der Waals surface area contributed by atoms with Gasteiger partial charge in [0.2, 0.25) is 0 Å². The molecular formula is C19H36N3P. The third-order valence-corrected chi connectivity index (χ3v) is 7.07. The Morgan fingerprint density at radius 3 is 1.87 bits per heavy atom. The lowest BCUT2D eigenvalue weighted by Crippen LogP contribution is -2.29. The van der Waals surface area contributed by atoms with Crippen LogP contribution in [-0.4, -0.2) is 54.8 Å². The van der Waals surface area contributed by atoms with E-state index in [0.29, 0.717) is 0 Å². The van der Waals surface area contributed by atoms with Crippen LogP contribution in [0.15, 0.2) is 35.1 Å². The third kappa shape index (κ3) is 6.31. The predicted octanol–water partition coefficient (Wildman–Crippen LogP) is 4.40. The molecule has 0 atom stereocenters. The van der Waals surface area contributed by atoms with Gasteiger partial charge in [-0.15, -0.1) is 0 Å². The SMILES string of the molecule is CN(C)CC1=CC(N(C)C)=C/C(=C\P(C(C)(C)C)C(C)(C)C)N1. The van der Waals surface area contributed by atoms with Crippen LogP contribution in [0.25, 0.3) is 0 Å². The lowest BCUT2D eigenvalue weighted by atomic mass is 10.2. The van der Waals surface area contributed by atoms with Crippen molar-refractivity contribution in [1.82, 2.24) is 15.1 Å². The molecule has 0 amide bonds. The first-order chi connectivity index (χ1) is 10.3. The Morgan fingerprint density at radius 2 is 1.48 bits per heavy atom. The zero-order valence-corrected chi connectivity index (χ0v) is 17.7. The summed E-state index contributed by atoms with van der Waals surface area (Å²) in [4.78, 5) is 4.38. The predicted molar refractivity (Wildman–Crippen MR) is 106 cm³/mol. The van der Waals surface area contributed by atoms with Crippen LogP contribution in [-0.2, 0) is 0 Å². The highest BCUT2D eigenvalue weighted by Gasteiger charge is 2.33. The number of rotatable bonds is 4. The van der Waals surface area contributed by atoms with E-state index in [1.54, 1.807) is 0 Å². The van der Waals surface area contributed by atoms with E-state index in [4.69, 9.17) is 0 Å². The summed E-state index contributed by atoms with van der Waals surface area (Å²) in [6.45, 7) is 15.1. The molecule has 0 bridgehead atoms. The standard InChI is InChI=1S/C19H36N3P/c1-18(2,3)23(19(4,5)6)14-16-12-17(22(9)10)11-15(20-16)13-21(7)8/h11-12,14,20H,13H2,1-10H3/b16-14+. The summed E-state index contributed by atoms with van der Waals surface area (Å²) in [7, 11) is 8.16. The highest BCUT2D eigenvalue weighted by Crippen LogP contribution is 2.60. The van der Waals surface area contributed by atoms with Gasteiger partial charge in [-0.25, -0.2) is 0 Å². The van der Waals surface area contributed by atoms with Crippen molar-refractivity contribution >= 4 is 7.92 Å². The maximum atomic E-state index is 3.64. The number of nitrogens with one attached hydrogen (secondary N) is 1. The van der Waals surface area contributed by atoms with Crippen LogP contribution in [0.5, 0.6) is 0 Å². The molecule has 0 aromatic carbocycles. The van der Waals surface area contributed by atoms with Crippen molar-refractivity contribution in [2.75, 3.05) is 34.7 Å². The first kappa shape index (κ1) is 20.3. The quantitative estimate of drug-likeness (QED) is 0.767. The van der Waals surface area contributed by atoms with E-state index in [9.17, 15) is 0 Å². The first-order valence-electron chi connectivity index (χ1n) is 8.33. The molecular weight excluding hydrogens is 301 g/mol. The molecule has 0 unspecified atom stereocenters. The molecule has 23 heavy (non-hydrogen) atoms. The summed E-state index contributed by atoms with van der Waals surface area (Å²) in [6, 6.07) is 0. The lowest BCUT2D eigenvalue weighted by molar-refractivity contribution is 0.433. The van der Waals surface area contributed by atoms with Gasteiger partial charge in [0.15, 0.2) is 0 Å². The monoisotopic (exact) mass is 337 g/mol. The Morgan fingerprint density at radius 1 is 0.957 bits per heavy atom. The van der Waals surface area contributed by atoms with Gasteiger partial charge in [0.1, 0.15) is 0 Å². The van der Waals surface area contributed by atoms with Gasteiger partial charge in [-0.3, -0.25) is 0 Å². The average Bonchev–Trinajstić information content (AvgIpc) is 2.32. The van der Waals surface area contributed by atoms with Crippen LogP contribution in [0, 0.1) is 0 Å². The van der Waals surface area contributed by atoms with Gasteiger partial charge in [-0.1, -0.05) is 49.5 Å². The first-order valence-corrected chi connectivity index (χ1v) is 9.74. The van der Waals surface area contributed by atoms with Gasteiger partial charge in [-0.05, 0) is 42.4 Å². The topological polar surface area (TPSA) is 18.5 Å². The van der Waals surface area contributed by atoms with Crippen LogP contribution >= 0.6 is 7.92 Å². The molecule has 0 fully saturated rings. The van der Waals surface area contributed by atoms with Gasteiger partial charge in [0.25, 0.3) is 0 Å². The fraction of sp³-hybridized carbons (Fsp3) is 0.684. The number of hydrogen-bond donors (Lipinski definition) is 1. The summed E-state index contributed by atoms with van der Waals surface area (Å²) in [5.41, 5.74) is 3.75. The zero-order valence-electron chi connectivity index (χ0n) is 16.8. The van der Waals surface area contributed by atoms with E-state index < -0.39 is 0 Å². The van der Waals surface area contributed by atoms with Gasteiger partial charge >= 0.3 is 0 Å². The van der Waals surface area contributed by atoms with E-state index in [2.05, 4.69) is 103 Å². The van der Waals surface area contributed by atoms with Crippen molar-refractivity contribution < 1.29 is 0 Å². The lowest BCUT2D eigenvalue weighted by Gasteiger charge is -2.40. The summed E-state index contributed by atoms with van der Waals surface area (Å²) in [5, 5.41) is 4.22. The van der Waals surface area contributed by atoms with Crippen LogP contribution in [0.3, 0.4) is 0 Å². The van der Waals surface area contributed by atoms with E-state index in [1.807, 2.05) is 0 Å². The molecule has 0 aromatic heterocycles. The van der Waals surface area contributed by atoms with Crippen molar-refractivity contribution in [2.45, 2.75) is 51.9 Å². The Bertz CT molecular complexity index is 486. The average molecular weight is 337 g/mol. The van der Waals surface area contributed by atoms with Crippen LogP contribution in [0.4, 0.5) is 0 Å². The minimum Gasteiger partial charge on any atom is -0.378 e. The molecule has 0 radical (unpaired) electrons. The minimum absolute atomic E-state index is 0.272. The molecule has 0 aromatic rings. The second-order valence-electron chi connectivity index (χ2n) is 8.79. The molecule has 132 valence electrons. The van der Waals surface area contributed by atoms with E-state index in [-0.39, 0.29) is 18.2 Å². The molecule has 0 spiro atoms. The zero-order chi connectivity index (χ0) is 18.0. The van der Waals surface area contributed by atoms with Crippen LogP contribution in [0.2, 0.25) is 0 Å². The molecule has 3 nitrogen and oxygen atoms in total. The second kappa shape index (κ2) is 7.40. The fourth-order valence-corrected chi connectivity index (χ4v) is 6.13. The summed E-state index contributed by atoms with van der Waals surface area (Å²) < 4.78 is 0. The van der Waals surface area contributed by atoms with Crippen LogP contribution in [0.1, 0.15) is 41.5 Å². The minimum atomic E-state index is -0.272. The maximum Gasteiger partial charge on any atom is 0.0408 e. The van der Waals surface area contributed by atoms with Crippen molar-refractivity contribution in [1.29, 1.82) is 0 Å². The van der Waals surface area contributed by atoms with Crippen molar-refractivity contribution in [3.8, 4) is 0 Å². The Labute approximate surface area is 145 Å². The molecule has 1 heterocycles. The summed E-state index contributed by atoms with van der Waals surface area (Å²) in [6.07, 6.45) is 4.51. The molecule has 0 saturated heterocycles. The Kier molecular flexibility index (Phi) is 6.52. The summed E-state index contributed by atoms with van der Waals surface area (Å²) in [5.74, 6) is 2.49. The van der Waals surface area contributed by atoms with E-state index in [0.717, 1.165) is 6.54 Å². The molecule has 0 aliphatic carbocycles. The van der Waals surface area contributed by atoms with Gasteiger partial charge in [0, 0.05) is 37.7 Å². The van der Waals surface area contributed by atoms with Crippen LogP contribution < -0.4 is 5.32 Å². The number of dihydropyridines is 1. The number of allylic oxidation sites excluding steroid dienone is 2. The van der Waals surface area contributed by atoms with Crippen molar-refractivity contribution in [3.63, 3.8) is 0 Å². The number of nitrogens with zero attached hydrogens (tertiary/aromatic N) is 2. The molecule has 1 N–H and O–H groups in total. The van der Waals surface area contributed by atoms with Gasteiger partial charge < -0.3 is 15.1 Å². The normalized spacial score (nSPS) is 18.2. The highest BCUT2D eigenvalue weighted by atomic mass is 31.1.